The van der Waals surface area contributed by atoms with Crippen LogP contribution in [-0.2, 0) is 10.8 Å². The molecule has 7 aromatic rings. The van der Waals surface area contributed by atoms with Gasteiger partial charge in [0.15, 0.2) is 0 Å². The lowest BCUT2D eigenvalue weighted by Crippen LogP contribution is -2.18. The third-order valence-electron chi connectivity index (χ3n) is 11.6. The van der Waals surface area contributed by atoms with Crippen LogP contribution in [0.2, 0.25) is 0 Å². The molecule has 0 radical (unpaired) electrons. The van der Waals surface area contributed by atoms with Gasteiger partial charge in [-0.25, -0.2) is 0 Å². The van der Waals surface area contributed by atoms with Crippen molar-refractivity contribution in [3.63, 3.8) is 0 Å². The monoisotopic (exact) mass is 672 g/mol. The summed E-state index contributed by atoms with van der Waals surface area (Å²) in [6.45, 7) is 13.9. The lowest BCUT2D eigenvalue weighted by atomic mass is 9.79. The van der Waals surface area contributed by atoms with Crippen LogP contribution in [0.1, 0.15) is 61.1 Å². The van der Waals surface area contributed by atoms with Crippen LogP contribution in [0, 0.1) is 13.8 Å². The van der Waals surface area contributed by atoms with Gasteiger partial charge in [0.1, 0.15) is 0 Å². The van der Waals surface area contributed by atoms with Gasteiger partial charge in [-0.2, -0.15) is 0 Å². The fourth-order valence-corrected chi connectivity index (χ4v) is 8.65. The maximum absolute atomic E-state index is 2.52. The molecule has 2 nitrogen and oxygen atoms in total. The van der Waals surface area contributed by atoms with Gasteiger partial charge < -0.3 is 9.80 Å². The number of hydrogen-bond acceptors (Lipinski definition) is 2. The SMILES string of the molecule is Cc1ccc(N(c2ccc(C)cc2)c2ccc3c(c2)C(C)(C)c2cc4c(cc2-3)C(C)(C)c2cc(N(c3ccccc3)c3ccccc3)ccc2-4)cc1. The zero-order valence-corrected chi connectivity index (χ0v) is 30.9. The number of anilines is 6. The van der Waals surface area contributed by atoms with Crippen LogP contribution in [0.3, 0.4) is 0 Å². The molecule has 2 heteroatoms. The van der Waals surface area contributed by atoms with Gasteiger partial charge in [-0.1, -0.05) is 112 Å². The minimum atomic E-state index is -0.161. The van der Waals surface area contributed by atoms with Crippen molar-refractivity contribution in [3.05, 3.63) is 191 Å². The molecule has 0 saturated carbocycles. The van der Waals surface area contributed by atoms with E-state index in [2.05, 4.69) is 209 Å². The Morgan fingerprint density at radius 1 is 0.308 bits per heavy atom. The van der Waals surface area contributed by atoms with Crippen LogP contribution < -0.4 is 9.80 Å². The second-order valence-electron chi connectivity index (χ2n) is 15.7. The predicted molar refractivity (Wildman–Crippen MR) is 220 cm³/mol. The molecule has 0 aromatic heterocycles. The second kappa shape index (κ2) is 11.9. The molecule has 52 heavy (non-hydrogen) atoms. The molecule has 2 aliphatic carbocycles. The summed E-state index contributed by atoms with van der Waals surface area (Å²) < 4.78 is 0. The highest BCUT2D eigenvalue weighted by molar-refractivity contribution is 5.92. The van der Waals surface area contributed by atoms with E-state index in [1.165, 1.54) is 67.0 Å². The van der Waals surface area contributed by atoms with E-state index < -0.39 is 0 Å². The van der Waals surface area contributed by atoms with Crippen LogP contribution in [0.4, 0.5) is 34.1 Å². The molecule has 0 spiro atoms. The van der Waals surface area contributed by atoms with Crippen molar-refractivity contribution in [2.24, 2.45) is 0 Å². The second-order valence-corrected chi connectivity index (χ2v) is 15.7. The molecule has 0 saturated heterocycles. The van der Waals surface area contributed by atoms with Crippen LogP contribution in [0.5, 0.6) is 0 Å². The molecule has 254 valence electrons. The van der Waals surface area contributed by atoms with Crippen molar-refractivity contribution in [2.75, 3.05) is 9.80 Å². The Hall–Kier alpha value is -5.86. The van der Waals surface area contributed by atoms with Crippen molar-refractivity contribution in [1.29, 1.82) is 0 Å². The molecule has 0 unspecified atom stereocenters. The predicted octanol–water partition coefficient (Wildman–Crippen LogP) is 13.9. The summed E-state index contributed by atoms with van der Waals surface area (Å²) in [5.74, 6) is 0. The topological polar surface area (TPSA) is 6.48 Å². The molecule has 2 aliphatic rings. The fourth-order valence-electron chi connectivity index (χ4n) is 8.65. The van der Waals surface area contributed by atoms with Crippen LogP contribution in [-0.4, -0.2) is 0 Å². The van der Waals surface area contributed by atoms with Gasteiger partial charge >= 0.3 is 0 Å². The Kier molecular flexibility index (Phi) is 7.31. The van der Waals surface area contributed by atoms with Gasteiger partial charge in [-0.05, 0) is 143 Å². The van der Waals surface area contributed by atoms with Crippen molar-refractivity contribution in [1.82, 2.24) is 0 Å². The first-order valence-electron chi connectivity index (χ1n) is 18.4. The first-order chi connectivity index (χ1) is 25.1. The van der Waals surface area contributed by atoms with E-state index in [1.807, 2.05) is 0 Å². The zero-order valence-electron chi connectivity index (χ0n) is 30.9. The molecule has 0 amide bonds. The molecular formula is C50H44N2. The van der Waals surface area contributed by atoms with Crippen LogP contribution >= 0.6 is 0 Å². The lowest BCUT2D eigenvalue weighted by Gasteiger charge is -2.28. The molecule has 0 atom stereocenters. The third kappa shape index (κ3) is 5.00. The molecule has 0 fully saturated rings. The van der Waals surface area contributed by atoms with Crippen molar-refractivity contribution in [3.8, 4) is 22.3 Å². The van der Waals surface area contributed by atoms with E-state index in [0.717, 1.165) is 22.7 Å². The van der Waals surface area contributed by atoms with Gasteiger partial charge in [0.2, 0.25) is 0 Å². The first-order valence-corrected chi connectivity index (χ1v) is 18.4. The average Bonchev–Trinajstić information content (AvgIpc) is 3.52. The fraction of sp³-hybridized carbons (Fsp3) is 0.160. The van der Waals surface area contributed by atoms with Crippen LogP contribution in [0.15, 0.2) is 158 Å². The number of fused-ring (bicyclic) bond motifs is 6. The number of para-hydroxylation sites is 2. The molecule has 0 heterocycles. The number of nitrogens with zero attached hydrogens (tertiary/aromatic N) is 2. The van der Waals surface area contributed by atoms with Gasteiger partial charge in [-0.15, -0.1) is 0 Å². The van der Waals surface area contributed by atoms with E-state index in [9.17, 15) is 0 Å². The minimum absolute atomic E-state index is 0.157. The maximum atomic E-state index is 2.52. The summed E-state index contributed by atoms with van der Waals surface area (Å²) >= 11 is 0. The Morgan fingerprint density at radius 2 is 0.615 bits per heavy atom. The summed E-state index contributed by atoms with van der Waals surface area (Å²) in [5.41, 5.74) is 20.1. The van der Waals surface area contributed by atoms with E-state index in [0.29, 0.717) is 0 Å². The standard InChI is InChI=1S/C50H44N2/c1-33-17-21-37(22-18-33)52(38-23-19-34(2)20-24-38)40-26-28-42-44-32-47-43(31-48(44)50(5,6)46(42)30-40)41-27-25-39(29-45(41)49(47,3)4)51(35-13-9-7-10-14-35)36-15-11-8-12-16-36/h7-32H,1-6H3. The van der Waals surface area contributed by atoms with Gasteiger partial charge in [0.25, 0.3) is 0 Å². The smallest absolute Gasteiger partial charge is 0.0465 e. The first kappa shape index (κ1) is 32.1. The molecular weight excluding hydrogens is 629 g/mol. The Bertz CT molecular complexity index is 2370. The summed E-state index contributed by atoms with van der Waals surface area (Å²) in [7, 11) is 0. The Balaban J connectivity index is 1.14. The van der Waals surface area contributed by atoms with Gasteiger partial charge in [0.05, 0.1) is 0 Å². The highest BCUT2D eigenvalue weighted by Crippen LogP contribution is 2.57. The van der Waals surface area contributed by atoms with Crippen molar-refractivity contribution < 1.29 is 0 Å². The summed E-state index contributed by atoms with van der Waals surface area (Å²) in [4.78, 5) is 4.76. The van der Waals surface area contributed by atoms with E-state index in [4.69, 9.17) is 0 Å². The summed E-state index contributed by atoms with van der Waals surface area (Å²) in [5, 5.41) is 0. The third-order valence-corrected chi connectivity index (χ3v) is 11.6. The average molecular weight is 673 g/mol. The Labute approximate surface area is 308 Å². The largest absolute Gasteiger partial charge is 0.310 e. The van der Waals surface area contributed by atoms with E-state index in [1.54, 1.807) is 0 Å². The van der Waals surface area contributed by atoms with Crippen LogP contribution in [0.25, 0.3) is 22.3 Å². The maximum Gasteiger partial charge on any atom is 0.0465 e. The molecule has 0 aliphatic heterocycles. The molecule has 7 aromatic carbocycles. The quantitative estimate of drug-likeness (QED) is 0.173. The van der Waals surface area contributed by atoms with Gasteiger partial charge in [-0.3, -0.25) is 0 Å². The van der Waals surface area contributed by atoms with E-state index in [-0.39, 0.29) is 10.8 Å². The highest BCUT2D eigenvalue weighted by Gasteiger charge is 2.42. The number of rotatable bonds is 6. The molecule has 0 bridgehead atoms. The number of hydrogen-bond donors (Lipinski definition) is 0. The summed E-state index contributed by atoms with van der Waals surface area (Å²) in [6.07, 6.45) is 0. The van der Waals surface area contributed by atoms with Crippen molar-refractivity contribution in [2.45, 2.75) is 52.4 Å². The zero-order chi connectivity index (χ0) is 35.8. The van der Waals surface area contributed by atoms with E-state index >= 15 is 0 Å². The number of benzene rings is 7. The minimum Gasteiger partial charge on any atom is -0.310 e. The molecule has 0 N–H and O–H groups in total. The highest BCUT2D eigenvalue weighted by atomic mass is 15.1. The number of aryl methyl sites for hydroxylation is 2. The normalized spacial score (nSPS) is 14.3. The van der Waals surface area contributed by atoms with Gasteiger partial charge in [0, 0.05) is 45.0 Å². The van der Waals surface area contributed by atoms with Crippen molar-refractivity contribution >= 4 is 34.1 Å². The lowest BCUT2D eigenvalue weighted by molar-refractivity contribution is 0.652. The Morgan fingerprint density at radius 3 is 0.981 bits per heavy atom. The molecule has 9 rings (SSSR count). The summed E-state index contributed by atoms with van der Waals surface area (Å²) in [6, 6.07) is 58.4.